The fourth-order valence-corrected chi connectivity index (χ4v) is 2.57. The van der Waals surface area contributed by atoms with Crippen molar-refractivity contribution in [2.24, 2.45) is 0 Å². The van der Waals surface area contributed by atoms with Crippen molar-refractivity contribution in [1.29, 1.82) is 0 Å². The second-order valence-corrected chi connectivity index (χ2v) is 6.54. The average Bonchev–Trinajstić information content (AvgIpc) is 2.68. The molecule has 0 saturated heterocycles. The summed E-state index contributed by atoms with van der Waals surface area (Å²) in [6.07, 6.45) is 9.94. The number of aryl methyl sites for hydroxylation is 1. The summed E-state index contributed by atoms with van der Waals surface area (Å²) in [6.45, 7) is 4.57. The molecule has 0 amide bonds. The lowest BCUT2D eigenvalue weighted by Gasteiger charge is -2.05. The van der Waals surface area contributed by atoms with Crippen LogP contribution in [0, 0.1) is 0 Å². The Morgan fingerprint density at radius 2 is 1.41 bits per heavy atom. The van der Waals surface area contributed by atoms with Crippen LogP contribution in [0.25, 0.3) is 0 Å². The molecule has 152 valence electrons. The first-order valence-corrected chi connectivity index (χ1v) is 9.98. The van der Waals surface area contributed by atoms with E-state index >= 15 is 0 Å². The normalized spacial score (nSPS) is 10.4. The van der Waals surface area contributed by atoms with Crippen LogP contribution >= 0.6 is 0 Å². The van der Waals surface area contributed by atoms with E-state index in [9.17, 15) is 9.59 Å². The van der Waals surface area contributed by atoms with E-state index in [0.717, 1.165) is 38.5 Å². The summed E-state index contributed by atoms with van der Waals surface area (Å²) in [5.41, 5.74) is 1.49. The predicted octanol–water partition coefficient (Wildman–Crippen LogP) is 5.94. The Kier molecular flexibility index (Phi) is 12.8. The molecule has 0 aliphatic carbocycles. The van der Waals surface area contributed by atoms with Crippen molar-refractivity contribution in [3.8, 4) is 0 Å². The third-order valence-electron chi connectivity index (χ3n) is 4.19. The Morgan fingerprint density at radius 1 is 0.778 bits per heavy atom. The third kappa shape index (κ3) is 11.3. The minimum Gasteiger partial charge on any atom is -0.432 e. The van der Waals surface area contributed by atoms with E-state index in [1.165, 1.54) is 31.2 Å². The number of rotatable bonds is 14. The first kappa shape index (κ1) is 23.0. The zero-order valence-corrected chi connectivity index (χ0v) is 16.5. The Hall–Kier alpha value is -2.08. The van der Waals surface area contributed by atoms with Crippen molar-refractivity contribution in [1.82, 2.24) is 0 Å². The maximum Gasteiger partial charge on any atom is 0.543 e. The number of hydrogen-bond donors (Lipinski definition) is 0. The van der Waals surface area contributed by atoms with E-state index in [1.807, 2.05) is 12.1 Å². The minimum atomic E-state index is -1.03. The van der Waals surface area contributed by atoms with Crippen molar-refractivity contribution >= 4 is 12.1 Å². The van der Waals surface area contributed by atoms with Crippen LogP contribution in [0.2, 0.25) is 0 Å². The van der Waals surface area contributed by atoms with Gasteiger partial charge in [-0.05, 0) is 37.0 Å². The number of unbranched alkanes of at least 4 members (excludes halogenated alkanes) is 7. The lowest BCUT2D eigenvalue weighted by molar-refractivity contribution is -0.452. The maximum absolute atomic E-state index is 11.8. The van der Waals surface area contributed by atoms with Gasteiger partial charge in [-0.2, -0.15) is 0 Å². The molecule has 1 aromatic carbocycles. The van der Waals surface area contributed by atoms with Gasteiger partial charge in [-0.15, -0.1) is 0 Å². The average molecular weight is 380 g/mol. The quantitative estimate of drug-likeness (QED) is 0.172. The molecule has 0 spiro atoms. The molecule has 0 atom stereocenters. The summed E-state index contributed by atoms with van der Waals surface area (Å²) in [6, 6.07) is 7.09. The lowest BCUT2D eigenvalue weighted by Crippen LogP contribution is -2.12. The molecule has 0 saturated carbocycles. The molecular formula is C21H32O6. The van der Waals surface area contributed by atoms with E-state index in [-0.39, 0.29) is 6.61 Å². The zero-order chi connectivity index (χ0) is 19.7. The highest BCUT2D eigenvalue weighted by molar-refractivity contribution is 5.88. The van der Waals surface area contributed by atoms with Crippen LogP contribution in [0.15, 0.2) is 24.3 Å². The zero-order valence-electron chi connectivity index (χ0n) is 16.5. The van der Waals surface area contributed by atoms with Crippen molar-refractivity contribution in [2.45, 2.75) is 78.1 Å². The topological polar surface area (TPSA) is 71.1 Å². The summed E-state index contributed by atoms with van der Waals surface area (Å²) >= 11 is 0. The second kappa shape index (κ2) is 15.0. The molecule has 0 radical (unpaired) electrons. The summed E-state index contributed by atoms with van der Waals surface area (Å²) < 4.78 is 4.80. The first-order valence-electron chi connectivity index (χ1n) is 9.98. The van der Waals surface area contributed by atoms with E-state index in [2.05, 4.69) is 28.7 Å². The fraction of sp³-hybridized carbons (Fsp3) is 0.619. The van der Waals surface area contributed by atoms with Gasteiger partial charge in [-0.3, -0.25) is 4.89 Å². The van der Waals surface area contributed by atoms with Gasteiger partial charge < -0.3 is 4.74 Å². The SMILES string of the molecule is CCCCCCCOC(=O)OOOC(=O)c1ccc(CCCCCC)cc1. The van der Waals surface area contributed by atoms with Crippen molar-refractivity contribution in [3.05, 3.63) is 35.4 Å². The molecule has 0 aliphatic heterocycles. The molecule has 0 fully saturated rings. The molecule has 0 aromatic heterocycles. The van der Waals surface area contributed by atoms with Gasteiger partial charge in [0.2, 0.25) is 0 Å². The first-order chi connectivity index (χ1) is 13.2. The molecule has 1 rings (SSSR count). The van der Waals surface area contributed by atoms with Gasteiger partial charge in [-0.1, -0.05) is 70.9 Å². The number of hydrogen-bond acceptors (Lipinski definition) is 6. The van der Waals surface area contributed by atoms with Crippen LogP contribution in [-0.4, -0.2) is 18.7 Å². The summed E-state index contributed by atoms with van der Waals surface area (Å²) in [5, 5.41) is 4.21. The standard InChI is InChI=1S/C21H32O6/c1-3-5-7-9-11-17-24-21(23)26-27-25-20(22)19-15-13-18(14-16-19)12-10-8-6-4-2/h13-16H,3-12,17H2,1-2H3. The highest BCUT2D eigenvalue weighted by Gasteiger charge is 2.12. The van der Waals surface area contributed by atoms with E-state index in [1.54, 1.807) is 12.1 Å². The third-order valence-corrected chi connectivity index (χ3v) is 4.19. The Bertz CT molecular complexity index is 526. The van der Waals surface area contributed by atoms with Crippen molar-refractivity contribution < 1.29 is 29.1 Å². The van der Waals surface area contributed by atoms with Gasteiger partial charge in [0.25, 0.3) is 0 Å². The van der Waals surface area contributed by atoms with E-state index in [4.69, 9.17) is 4.74 Å². The van der Waals surface area contributed by atoms with Gasteiger partial charge in [0, 0.05) is 0 Å². The van der Waals surface area contributed by atoms with Gasteiger partial charge in [0.05, 0.1) is 17.2 Å². The van der Waals surface area contributed by atoms with E-state index < -0.39 is 12.1 Å². The number of benzene rings is 1. The van der Waals surface area contributed by atoms with Crippen LogP contribution in [0.3, 0.4) is 0 Å². The lowest BCUT2D eigenvalue weighted by atomic mass is 10.0. The smallest absolute Gasteiger partial charge is 0.432 e. The maximum atomic E-state index is 11.8. The van der Waals surface area contributed by atoms with Gasteiger partial charge in [0.15, 0.2) is 0 Å². The van der Waals surface area contributed by atoms with Gasteiger partial charge in [0.1, 0.15) is 0 Å². The Labute approximate surface area is 162 Å². The summed E-state index contributed by atoms with van der Waals surface area (Å²) in [5.74, 6) is -0.736. The second-order valence-electron chi connectivity index (χ2n) is 6.54. The predicted molar refractivity (Wildman–Crippen MR) is 102 cm³/mol. The van der Waals surface area contributed by atoms with Crippen LogP contribution in [0.4, 0.5) is 4.79 Å². The molecule has 6 nitrogen and oxygen atoms in total. The highest BCUT2D eigenvalue weighted by atomic mass is 17.5. The molecular weight excluding hydrogens is 348 g/mol. The van der Waals surface area contributed by atoms with Crippen LogP contribution in [0.1, 0.15) is 87.6 Å². The van der Waals surface area contributed by atoms with Gasteiger partial charge >= 0.3 is 12.1 Å². The van der Waals surface area contributed by atoms with Gasteiger partial charge in [-0.25, -0.2) is 14.5 Å². The number of carbonyl (C=O) groups is 2. The number of carbonyl (C=O) groups excluding carboxylic acids is 2. The molecule has 27 heavy (non-hydrogen) atoms. The largest absolute Gasteiger partial charge is 0.543 e. The van der Waals surface area contributed by atoms with Crippen molar-refractivity contribution in [3.63, 3.8) is 0 Å². The Balaban J connectivity index is 2.15. The number of ether oxygens (including phenoxy) is 1. The summed E-state index contributed by atoms with van der Waals surface area (Å²) in [7, 11) is 0. The highest BCUT2D eigenvalue weighted by Crippen LogP contribution is 2.11. The molecule has 0 heterocycles. The van der Waals surface area contributed by atoms with Crippen LogP contribution in [0.5, 0.6) is 0 Å². The molecule has 1 aromatic rings. The summed E-state index contributed by atoms with van der Waals surface area (Å²) in [4.78, 5) is 31.8. The van der Waals surface area contributed by atoms with Crippen LogP contribution in [-0.2, 0) is 26.0 Å². The molecule has 6 heteroatoms. The monoisotopic (exact) mass is 380 g/mol. The molecule has 0 aliphatic rings. The van der Waals surface area contributed by atoms with Crippen LogP contribution < -0.4 is 0 Å². The van der Waals surface area contributed by atoms with E-state index in [0.29, 0.717) is 5.56 Å². The minimum absolute atomic E-state index is 0.250. The molecule has 0 unspecified atom stereocenters. The van der Waals surface area contributed by atoms with Crippen molar-refractivity contribution in [2.75, 3.05) is 6.61 Å². The fourth-order valence-electron chi connectivity index (χ4n) is 2.57. The molecule has 0 bridgehead atoms. The Morgan fingerprint density at radius 3 is 2.07 bits per heavy atom. The molecule has 0 N–H and O–H groups in total.